The lowest BCUT2D eigenvalue weighted by Gasteiger charge is -2.47. The van der Waals surface area contributed by atoms with E-state index in [2.05, 4.69) is 35.4 Å². The Bertz CT molecular complexity index is 535. The summed E-state index contributed by atoms with van der Waals surface area (Å²) in [5.74, 6) is 0.298. The molecular formula is C19H28N2O2S. The van der Waals surface area contributed by atoms with Crippen LogP contribution in [0, 0.1) is 0 Å². The zero-order valence-corrected chi connectivity index (χ0v) is 15.6. The van der Waals surface area contributed by atoms with Crippen molar-refractivity contribution in [2.24, 2.45) is 0 Å². The van der Waals surface area contributed by atoms with Crippen LogP contribution in [0.2, 0.25) is 0 Å². The molecule has 0 radical (unpaired) electrons. The van der Waals surface area contributed by atoms with Crippen LogP contribution in [0.4, 0.5) is 0 Å². The molecule has 5 heteroatoms. The van der Waals surface area contributed by atoms with Crippen molar-refractivity contribution in [3.8, 4) is 0 Å². The second-order valence-electron chi connectivity index (χ2n) is 6.77. The number of amides is 1. The van der Waals surface area contributed by atoms with Gasteiger partial charge in [0.25, 0.3) is 0 Å². The summed E-state index contributed by atoms with van der Waals surface area (Å²) in [7, 11) is 1.80. The van der Waals surface area contributed by atoms with Crippen molar-refractivity contribution >= 4 is 17.7 Å². The van der Waals surface area contributed by atoms with Gasteiger partial charge >= 0.3 is 0 Å². The second-order valence-corrected chi connectivity index (χ2v) is 7.65. The molecule has 4 nitrogen and oxygen atoms in total. The summed E-state index contributed by atoms with van der Waals surface area (Å²) >= 11 is 1.75. The van der Waals surface area contributed by atoms with E-state index in [0.717, 1.165) is 45.4 Å². The molecule has 0 aromatic heterocycles. The number of benzene rings is 1. The standard InChI is InChI=1S/C19H28N2O2S/c1-23-17-9-11-20(12-10-17)16-13-21(14-16)19(22)8-5-15-3-6-18(24-2)7-4-15/h3-4,6-7,16-17H,5,8-14H2,1-2H3. The Kier molecular flexibility index (Phi) is 6.19. The Labute approximate surface area is 149 Å². The van der Waals surface area contributed by atoms with Crippen molar-refractivity contribution in [3.63, 3.8) is 0 Å². The first-order valence-electron chi connectivity index (χ1n) is 8.87. The third kappa shape index (κ3) is 4.32. The van der Waals surface area contributed by atoms with Gasteiger partial charge in [-0.3, -0.25) is 9.69 Å². The van der Waals surface area contributed by atoms with E-state index < -0.39 is 0 Å². The molecule has 2 fully saturated rings. The van der Waals surface area contributed by atoms with Crippen molar-refractivity contribution in [1.82, 2.24) is 9.80 Å². The minimum atomic E-state index is 0.298. The van der Waals surface area contributed by atoms with Crippen LogP contribution in [0.25, 0.3) is 0 Å². The quantitative estimate of drug-likeness (QED) is 0.740. The fourth-order valence-electron chi connectivity index (χ4n) is 3.57. The first-order valence-corrected chi connectivity index (χ1v) is 10.1. The van der Waals surface area contributed by atoms with E-state index >= 15 is 0 Å². The Morgan fingerprint density at radius 1 is 1.21 bits per heavy atom. The summed E-state index contributed by atoms with van der Waals surface area (Å²) in [6.07, 6.45) is 6.21. The number of hydrogen-bond acceptors (Lipinski definition) is 4. The van der Waals surface area contributed by atoms with E-state index in [1.165, 1.54) is 10.5 Å². The molecule has 1 aromatic rings. The summed E-state index contributed by atoms with van der Waals surface area (Å²) in [5, 5.41) is 0. The molecule has 132 valence electrons. The van der Waals surface area contributed by atoms with Gasteiger partial charge in [0.1, 0.15) is 0 Å². The van der Waals surface area contributed by atoms with Gasteiger partial charge in [0, 0.05) is 50.6 Å². The third-order valence-electron chi connectivity index (χ3n) is 5.33. The van der Waals surface area contributed by atoms with Gasteiger partial charge in [0.05, 0.1) is 6.10 Å². The lowest BCUT2D eigenvalue weighted by atomic mass is 10.00. The van der Waals surface area contributed by atoms with Crippen molar-refractivity contribution in [1.29, 1.82) is 0 Å². The van der Waals surface area contributed by atoms with Crippen molar-refractivity contribution in [2.75, 3.05) is 39.5 Å². The largest absolute Gasteiger partial charge is 0.381 e. The minimum absolute atomic E-state index is 0.298. The summed E-state index contributed by atoms with van der Waals surface area (Å²) in [6, 6.07) is 9.10. The Morgan fingerprint density at radius 2 is 1.88 bits per heavy atom. The van der Waals surface area contributed by atoms with Gasteiger partial charge in [0.15, 0.2) is 0 Å². The fourth-order valence-corrected chi connectivity index (χ4v) is 3.98. The van der Waals surface area contributed by atoms with Crippen molar-refractivity contribution < 1.29 is 9.53 Å². The van der Waals surface area contributed by atoms with Gasteiger partial charge in [0.2, 0.25) is 5.91 Å². The molecule has 2 saturated heterocycles. The molecule has 0 aliphatic carbocycles. The maximum Gasteiger partial charge on any atom is 0.223 e. The lowest BCUT2D eigenvalue weighted by molar-refractivity contribution is -0.139. The van der Waals surface area contributed by atoms with Gasteiger partial charge in [-0.15, -0.1) is 11.8 Å². The van der Waals surface area contributed by atoms with Gasteiger partial charge in [-0.2, -0.15) is 0 Å². The van der Waals surface area contributed by atoms with Crippen molar-refractivity contribution in [3.05, 3.63) is 29.8 Å². The predicted octanol–water partition coefficient (Wildman–Crippen LogP) is 2.66. The summed E-state index contributed by atoms with van der Waals surface area (Å²) < 4.78 is 5.43. The van der Waals surface area contributed by atoms with Gasteiger partial charge < -0.3 is 9.64 Å². The van der Waals surface area contributed by atoms with Gasteiger partial charge in [-0.25, -0.2) is 0 Å². The molecule has 0 spiro atoms. The van der Waals surface area contributed by atoms with E-state index in [4.69, 9.17) is 4.74 Å². The lowest BCUT2D eigenvalue weighted by Crippen LogP contribution is -2.62. The van der Waals surface area contributed by atoms with Crippen LogP contribution in [-0.2, 0) is 16.0 Å². The topological polar surface area (TPSA) is 32.8 Å². The maximum absolute atomic E-state index is 12.3. The molecule has 1 amide bonds. The predicted molar refractivity (Wildman–Crippen MR) is 98.5 cm³/mol. The van der Waals surface area contributed by atoms with E-state index in [9.17, 15) is 4.79 Å². The molecule has 0 N–H and O–H groups in total. The number of aryl methyl sites for hydroxylation is 1. The maximum atomic E-state index is 12.3. The number of likely N-dealkylation sites (tertiary alicyclic amines) is 2. The summed E-state index contributed by atoms with van der Waals surface area (Å²) in [4.78, 5) is 18.1. The van der Waals surface area contributed by atoms with Crippen LogP contribution >= 0.6 is 11.8 Å². The second kappa shape index (κ2) is 8.37. The van der Waals surface area contributed by atoms with Crippen LogP contribution in [0.5, 0.6) is 0 Å². The molecule has 2 heterocycles. The fraction of sp³-hybridized carbons (Fsp3) is 0.632. The van der Waals surface area contributed by atoms with Crippen LogP contribution < -0.4 is 0 Å². The highest BCUT2D eigenvalue weighted by Gasteiger charge is 2.35. The van der Waals surface area contributed by atoms with Gasteiger partial charge in [-0.1, -0.05) is 12.1 Å². The molecule has 1 aromatic carbocycles. The zero-order valence-electron chi connectivity index (χ0n) is 14.7. The monoisotopic (exact) mass is 348 g/mol. The summed E-state index contributed by atoms with van der Waals surface area (Å²) in [5.41, 5.74) is 1.25. The number of rotatable bonds is 6. The molecular weight excluding hydrogens is 320 g/mol. The molecule has 0 atom stereocenters. The summed E-state index contributed by atoms with van der Waals surface area (Å²) in [6.45, 7) is 4.02. The molecule has 2 aliphatic rings. The number of hydrogen-bond donors (Lipinski definition) is 0. The number of methoxy groups -OCH3 is 1. The SMILES string of the molecule is COC1CCN(C2CN(C(=O)CCc3ccc(SC)cc3)C2)CC1. The number of thioether (sulfide) groups is 1. The molecule has 3 rings (SSSR count). The van der Waals surface area contributed by atoms with Gasteiger partial charge in [-0.05, 0) is 43.2 Å². The van der Waals surface area contributed by atoms with Crippen LogP contribution in [-0.4, -0.2) is 67.4 Å². The van der Waals surface area contributed by atoms with Crippen LogP contribution in [0.1, 0.15) is 24.8 Å². The molecule has 0 bridgehead atoms. The van der Waals surface area contributed by atoms with E-state index in [1.807, 2.05) is 4.90 Å². The van der Waals surface area contributed by atoms with E-state index in [1.54, 1.807) is 18.9 Å². The Balaban J connectivity index is 1.37. The number of nitrogens with zero attached hydrogens (tertiary/aromatic N) is 2. The normalized spacial score (nSPS) is 20.2. The zero-order chi connectivity index (χ0) is 16.9. The highest BCUT2D eigenvalue weighted by molar-refractivity contribution is 7.98. The van der Waals surface area contributed by atoms with E-state index in [-0.39, 0.29) is 0 Å². The Morgan fingerprint density at radius 3 is 2.46 bits per heavy atom. The molecule has 2 aliphatic heterocycles. The number of carbonyl (C=O) groups is 1. The first-order chi connectivity index (χ1) is 11.7. The number of ether oxygens (including phenoxy) is 1. The highest BCUT2D eigenvalue weighted by Crippen LogP contribution is 2.22. The number of carbonyl (C=O) groups excluding carboxylic acids is 1. The van der Waals surface area contributed by atoms with E-state index in [0.29, 0.717) is 24.5 Å². The first kappa shape index (κ1) is 17.8. The highest BCUT2D eigenvalue weighted by atomic mass is 32.2. The average molecular weight is 349 g/mol. The molecule has 24 heavy (non-hydrogen) atoms. The smallest absolute Gasteiger partial charge is 0.223 e. The molecule has 0 saturated carbocycles. The average Bonchev–Trinajstić information content (AvgIpc) is 2.59. The van der Waals surface area contributed by atoms with Crippen molar-refractivity contribution in [2.45, 2.75) is 42.7 Å². The molecule has 0 unspecified atom stereocenters. The van der Waals surface area contributed by atoms with Crippen LogP contribution in [0.3, 0.4) is 0 Å². The van der Waals surface area contributed by atoms with Crippen LogP contribution in [0.15, 0.2) is 29.2 Å². The minimum Gasteiger partial charge on any atom is -0.381 e. The number of piperidine rings is 1. The Hall–Kier alpha value is -1.04. The third-order valence-corrected chi connectivity index (χ3v) is 6.07.